The van der Waals surface area contributed by atoms with E-state index in [1.807, 2.05) is 21.1 Å². The smallest absolute Gasteiger partial charge is 0.462 e. The monoisotopic (exact) mass is 693 g/mol. The van der Waals surface area contributed by atoms with Crippen molar-refractivity contribution in [3.8, 4) is 0 Å². The topological polar surface area (TPSA) is 108 Å². The molecule has 0 aromatic rings. The minimum atomic E-state index is -4.36. The first-order valence-corrected chi connectivity index (χ1v) is 20.8. The van der Waals surface area contributed by atoms with Crippen molar-refractivity contribution in [3.05, 3.63) is 0 Å². The summed E-state index contributed by atoms with van der Waals surface area (Å²) in [5.41, 5.74) is 0. The Morgan fingerprint density at radius 1 is 0.574 bits per heavy atom. The molecular formula is C37H75NO8P+. The first kappa shape index (κ1) is 46.0. The number of quaternary nitrogens is 1. The second-order valence-corrected chi connectivity index (χ2v) is 15.8. The second kappa shape index (κ2) is 31.0. The Kier molecular flexibility index (Phi) is 30.4. The zero-order valence-corrected chi connectivity index (χ0v) is 32.2. The van der Waals surface area contributed by atoms with E-state index in [4.69, 9.17) is 18.5 Å². The van der Waals surface area contributed by atoms with Crippen molar-refractivity contribution in [3.63, 3.8) is 0 Å². The molecule has 0 spiro atoms. The minimum absolute atomic E-state index is 0.0363. The van der Waals surface area contributed by atoms with E-state index in [1.54, 1.807) is 0 Å². The highest BCUT2D eigenvalue weighted by Gasteiger charge is 2.27. The van der Waals surface area contributed by atoms with E-state index in [0.717, 1.165) is 38.5 Å². The van der Waals surface area contributed by atoms with Crippen molar-refractivity contribution in [1.29, 1.82) is 0 Å². The van der Waals surface area contributed by atoms with Crippen LogP contribution in [-0.2, 0) is 32.7 Å². The maximum Gasteiger partial charge on any atom is 0.472 e. The fourth-order valence-electron chi connectivity index (χ4n) is 5.31. The van der Waals surface area contributed by atoms with Gasteiger partial charge in [-0.3, -0.25) is 18.6 Å². The van der Waals surface area contributed by atoms with Gasteiger partial charge in [0.2, 0.25) is 0 Å². The van der Waals surface area contributed by atoms with Gasteiger partial charge in [0.15, 0.2) is 6.10 Å². The molecule has 0 saturated heterocycles. The van der Waals surface area contributed by atoms with Crippen molar-refractivity contribution in [2.24, 2.45) is 0 Å². The zero-order chi connectivity index (χ0) is 35.1. The lowest BCUT2D eigenvalue weighted by Gasteiger charge is -2.24. The summed E-state index contributed by atoms with van der Waals surface area (Å²) in [5, 5.41) is 0. The van der Waals surface area contributed by atoms with Crippen molar-refractivity contribution in [1.82, 2.24) is 0 Å². The highest BCUT2D eigenvalue weighted by Crippen LogP contribution is 2.43. The van der Waals surface area contributed by atoms with Crippen LogP contribution in [-0.4, -0.2) is 74.9 Å². The van der Waals surface area contributed by atoms with Crippen LogP contribution in [0.2, 0.25) is 0 Å². The van der Waals surface area contributed by atoms with Crippen LogP contribution in [0.15, 0.2) is 0 Å². The van der Waals surface area contributed by atoms with Gasteiger partial charge < -0.3 is 18.9 Å². The molecule has 9 nitrogen and oxygen atoms in total. The Bertz CT molecular complexity index is 789. The molecule has 0 rings (SSSR count). The minimum Gasteiger partial charge on any atom is -0.462 e. The number of rotatable bonds is 35. The normalized spacial score (nSPS) is 13.7. The number of likely N-dealkylation sites (N-methyl/N-ethyl adjacent to an activating group) is 1. The van der Waals surface area contributed by atoms with E-state index < -0.39 is 26.5 Å². The van der Waals surface area contributed by atoms with Crippen LogP contribution in [0.25, 0.3) is 0 Å². The lowest BCUT2D eigenvalue weighted by atomic mass is 10.0. The van der Waals surface area contributed by atoms with E-state index in [2.05, 4.69) is 13.8 Å². The predicted molar refractivity (Wildman–Crippen MR) is 192 cm³/mol. The molecule has 0 aliphatic rings. The number of unbranched alkanes of at least 4 members (excludes halogenated alkanes) is 21. The highest BCUT2D eigenvalue weighted by atomic mass is 31.2. The first-order valence-electron chi connectivity index (χ1n) is 19.3. The van der Waals surface area contributed by atoms with Gasteiger partial charge in [0.25, 0.3) is 0 Å². The number of carbonyl (C=O) groups is 2. The molecular weight excluding hydrogens is 617 g/mol. The van der Waals surface area contributed by atoms with Gasteiger partial charge in [-0.15, -0.1) is 0 Å². The summed E-state index contributed by atoms with van der Waals surface area (Å²) in [5.74, 6) is -0.793. The summed E-state index contributed by atoms with van der Waals surface area (Å²) in [6.45, 7) is 4.40. The molecule has 1 unspecified atom stereocenters. The molecule has 0 fully saturated rings. The quantitative estimate of drug-likeness (QED) is 0.0303. The van der Waals surface area contributed by atoms with Gasteiger partial charge >= 0.3 is 19.8 Å². The number of hydrogen-bond acceptors (Lipinski definition) is 7. The van der Waals surface area contributed by atoms with E-state index in [0.29, 0.717) is 17.4 Å². The molecule has 280 valence electrons. The van der Waals surface area contributed by atoms with Crippen molar-refractivity contribution >= 4 is 19.8 Å². The van der Waals surface area contributed by atoms with Crippen LogP contribution in [0.5, 0.6) is 0 Å². The fraction of sp³-hybridized carbons (Fsp3) is 0.946. The molecule has 0 heterocycles. The van der Waals surface area contributed by atoms with Crippen molar-refractivity contribution in [2.75, 3.05) is 47.5 Å². The third kappa shape index (κ3) is 34.7. The van der Waals surface area contributed by atoms with Crippen molar-refractivity contribution < 1.29 is 42.1 Å². The van der Waals surface area contributed by atoms with E-state index in [1.165, 1.54) is 109 Å². The molecule has 0 aliphatic heterocycles. The Hall–Kier alpha value is -0.990. The summed E-state index contributed by atoms with van der Waals surface area (Å²) in [4.78, 5) is 35.1. The van der Waals surface area contributed by atoms with Crippen LogP contribution >= 0.6 is 7.82 Å². The summed E-state index contributed by atoms with van der Waals surface area (Å²) in [6.07, 6.45) is 27.2. The van der Waals surface area contributed by atoms with Gasteiger partial charge in [-0.1, -0.05) is 149 Å². The average molecular weight is 693 g/mol. The van der Waals surface area contributed by atoms with Crippen LogP contribution in [0.4, 0.5) is 0 Å². The van der Waals surface area contributed by atoms with Crippen LogP contribution in [0.1, 0.15) is 174 Å². The molecule has 0 aromatic carbocycles. The lowest BCUT2D eigenvalue weighted by Crippen LogP contribution is -2.37. The Morgan fingerprint density at radius 2 is 0.957 bits per heavy atom. The largest absolute Gasteiger partial charge is 0.472 e. The highest BCUT2D eigenvalue weighted by molar-refractivity contribution is 7.47. The summed E-state index contributed by atoms with van der Waals surface area (Å²) >= 11 is 0. The number of hydrogen-bond donors (Lipinski definition) is 1. The van der Waals surface area contributed by atoms with Crippen molar-refractivity contribution in [2.45, 2.75) is 180 Å². The number of ether oxygens (including phenoxy) is 2. The van der Waals surface area contributed by atoms with Gasteiger partial charge in [-0.2, -0.15) is 0 Å². The molecule has 0 saturated carbocycles. The molecule has 2 atom stereocenters. The number of carbonyl (C=O) groups excluding carboxylic acids is 2. The molecule has 0 aliphatic carbocycles. The predicted octanol–water partition coefficient (Wildman–Crippen LogP) is 10.1. The molecule has 0 radical (unpaired) electrons. The van der Waals surface area contributed by atoms with Gasteiger partial charge in [-0.05, 0) is 12.8 Å². The third-order valence-corrected chi connectivity index (χ3v) is 9.37. The SMILES string of the molecule is CCCCCCCCCCCCCCCCC(=O)O[C@H](COC(=O)CCCCCCCCCCC)COP(=O)(O)OCC[N+](C)(C)C. The van der Waals surface area contributed by atoms with Crippen LogP contribution in [0.3, 0.4) is 0 Å². The number of phosphoric ester groups is 1. The van der Waals surface area contributed by atoms with E-state index in [-0.39, 0.29) is 25.6 Å². The third-order valence-electron chi connectivity index (χ3n) is 8.39. The number of esters is 2. The van der Waals surface area contributed by atoms with Crippen LogP contribution < -0.4 is 0 Å². The molecule has 0 amide bonds. The maximum absolute atomic E-state index is 12.6. The molecule has 1 N–H and O–H groups in total. The molecule has 47 heavy (non-hydrogen) atoms. The van der Waals surface area contributed by atoms with Gasteiger partial charge in [0, 0.05) is 12.8 Å². The summed E-state index contributed by atoms with van der Waals surface area (Å²) in [6, 6.07) is 0. The molecule has 0 aromatic heterocycles. The number of nitrogens with zero attached hydrogens (tertiary/aromatic N) is 1. The summed E-state index contributed by atoms with van der Waals surface area (Å²) < 4.78 is 34.1. The van der Waals surface area contributed by atoms with Gasteiger partial charge in [0.1, 0.15) is 19.8 Å². The maximum atomic E-state index is 12.6. The number of phosphoric acid groups is 1. The first-order chi connectivity index (χ1) is 22.5. The molecule has 0 bridgehead atoms. The Balaban J connectivity index is 4.39. The van der Waals surface area contributed by atoms with E-state index >= 15 is 0 Å². The Labute approximate surface area is 289 Å². The summed E-state index contributed by atoms with van der Waals surface area (Å²) in [7, 11) is 1.49. The average Bonchev–Trinajstić information content (AvgIpc) is 3.01. The fourth-order valence-corrected chi connectivity index (χ4v) is 6.05. The lowest BCUT2D eigenvalue weighted by molar-refractivity contribution is -0.870. The van der Waals surface area contributed by atoms with E-state index in [9.17, 15) is 19.0 Å². The molecule has 10 heteroatoms. The van der Waals surface area contributed by atoms with Gasteiger partial charge in [0.05, 0.1) is 27.7 Å². The second-order valence-electron chi connectivity index (χ2n) is 14.3. The standard InChI is InChI=1S/C37H74NO8P/c1-6-8-10-12-14-16-17-18-19-20-22-24-26-28-30-37(40)46-35(34-45-47(41,42)44-32-31-38(3,4)5)33-43-36(39)29-27-25-23-21-15-13-11-9-7-2/h35H,6-34H2,1-5H3/p+1/t35-/m1/s1. The zero-order valence-electron chi connectivity index (χ0n) is 31.3. The van der Waals surface area contributed by atoms with Crippen LogP contribution in [0, 0.1) is 0 Å². The van der Waals surface area contributed by atoms with Gasteiger partial charge in [-0.25, -0.2) is 4.57 Å². The Morgan fingerprint density at radius 3 is 1.36 bits per heavy atom.